The fourth-order valence-corrected chi connectivity index (χ4v) is 1.79. The molecule has 0 bridgehead atoms. The average Bonchev–Trinajstić information content (AvgIpc) is 2.84. The lowest BCUT2D eigenvalue weighted by Gasteiger charge is -1.99. The minimum Gasteiger partial charge on any atom is -0.481 e. The van der Waals surface area contributed by atoms with Crippen LogP contribution in [0.15, 0.2) is 24.3 Å². The molecule has 2 N–H and O–H groups in total. The van der Waals surface area contributed by atoms with E-state index >= 15 is 0 Å². The number of rotatable bonds is 6. The zero-order valence-corrected chi connectivity index (χ0v) is 10.9. The summed E-state index contributed by atoms with van der Waals surface area (Å²) in [4.78, 5) is 14.7. The van der Waals surface area contributed by atoms with Crippen LogP contribution in [0, 0.1) is 6.92 Å². The third kappa shape index (κ3) is 4.21. The predicted molar refractivity (Wildman–Crippen MR) is 70.9 cm³/mol. The quantitative estimate of drug-likeness (QED) is 0.830. The molecule has 100 valence electrons. The largest absolute Gasteiger partial charge is 0.481 e. The Kier molecular flexibility index (Phi) is 4.28. The highest BCUT2D eigenvalue weighted by atomic mass is 16.4. The number of aliphatic carboxylic acids is 1. The Morgan fingerprint density at radius 3 is 2.63 bits per heavy atom. The zero-order chi connectivity index (χ0) is 13.7. The molecule has 0 fully saturated rings. The van der Waals surface area contributed by atoms with Crippen LogP contribution in [-0.4, -0.2) is 26.3 Å². The van der Waals surface area contributed by atoms with Crippen molar-refractivity contribution in [2.45, 2.75) is 32.6 Å². The van der Waals surface area contributed by atoms with Crippen LogP contribution in [0.3, 0.4) is 0 Å². The number of nitrogens with zero attached hydrogens (tertiary/aromatic N) is 2. The standard InChI is InChI=1S/C14H17N3O2/c1-10-2-4-11(5-3-10)6-7-12-15-13(17-16-12)8-9-14(18)19/h2-5H,6-9H2,1H3,(H,18,19)(H,15,16,17). The van der Waals surface area contributed by atoms with E-state index in [1.807, 2.05) is 0 Å². The van der Waals surface area contributed by atoms with Crippen molar-refractivity contribution in [1.29, 1.82) is 0 Å². The monoisotopic (exact) mass is 259 g/mol. The summed E-state index contributed by atoms with van der Waals surface area (Å²) in [7, 11) is 0. The van der Waals surface area contributed by atoms with E-state index in [1.54, 1.807) is 0 Å². The van der Waals surface area contributed by atoms with Gasteiger partial charge >= 0.3 is 5.97 Å². The highest BCUT2D eigenvalue weighted by Gasteiger charge is 2.05. The lowest BCUT2D eigenvalue weighted by molar-refractivity contribution is -0.137. The maximum absolute atomic E-state index is 10.5. The summed E-state index contributed by atoms with van der Waals surface area (Å²) in [5, 5.41) is 15.5. The molecule has 0 aliphatic rings. The summed E-state index contributed by atoms with van der Waals surface area (Å²) in [5.74, 6) is 0.555. The van der Waals surface area contributed by atoms with Crippen molar-refractivity contribution in [1.82, 2.24) is 15.2 Å². The number of aromatic nitrogens is 3. The van der Waals surface area contributed by atoms with Gasteiger partial charge in [0.25, 0.3) is 0 Å². The number of H-pyrrole nitrogens is 1. The Morgan fingerprint density at radius 1 is 1.21 bits per heavy atom. The summed E-state index contributed by atoms with van der Waals surface area (Å²) in [6.45, 7) is 2.06. The number of aryl methyl sites for hydroxylation is 4. The fourth-order valence-electron chi connectivity index (χ4n) is 1.79. The molecule has 2 rings (SSSR count). The SMILES string of the molecule is Cc1ccc(CCc2n[nH]c(CCC(=O)O)n2)cc1. The van der Waals surface area contributed by atoms with Crippen molar-refractivity contribution in [2.24, 2.45) is 0 Å². The Morgan fingerprint density at radius 2 is 1.95 bits per heavy atom. The Labute approximate surface area is 111 Å². The third-order valence-corrected chi connectivity index (χ3v) is 2.91. The molecule has 0 spiro atoms. The molecule has 5 nitrogen and oxygen atoms in total. The van der Waals surface area contributed by atoms with Crippen molar-refractivity contribution >= 4 is 5.97 Å². The van der Waals surface area contributed by atoms with Gasteiger partial charge in [0.15, 0.2) is 5.82 Å². The molecule has 0 aliphatic heterocycles. The average molecular weight is 259 g/mol. The Balaban J connectivity index is 1.86. The molecule has 0 aliphatic carbocycles. The summed E-state index contributed by atoms with van der Waals surface area (Å²) in [6.07, 6.45) is 2.11. The second-order valence-corrected chi connectivity index (χ2v) is 4.58. The highest BCUT2D eigenvalue weighted by Crippen LogP contribution is 2.07. The Bertz CT molecular complexity index is 546. The summed E-state index contributed by atoms with van der Waals surface area (Å²) >= 11 is 0. The highest BCUT2D eigenvalue weighted by molar-refractivity contribution is 5.66. The number of carbonyl (C=O) groups is 1. The number of carboxylic acids is 1. The van der Waals surface area contributed by atoms with E-state index in [0.29, 0.717) is 12.2 Å². The first-order valence-electron chi connectivity index (χ1n) is 6.31. The van der Waals surface area contributed by atoms with Gasteiger partial charge in [0.1, 0.15) is 5.82 Å². The van der Waals surface area contributed by atoms with Gasteiger partial charge in [-0.1, -0.05) is 29.8 Å². The molecule has 0 amide bonds. The minimum atomic E-state index is -0.822. The second-order valence-electron chi connectivity index (χ2n) is 4.58. The Hall–Kier alpha value is -2.17. The smallest absolute Gasteiger partial charge is 0.303 e. The van der Waals surface area contributed by atoms with E-state index in [2.05, 4.69) is 46.4 Å². The molecule has 0 unspecified atom stereocenters. The van der Waals surface area contributed by atoms with Gasteiger partial charge in [0.2, 0.25) is 0 Å². The van der Waals surface area contributed by atoms with Gasteiger partial charge in [-0.05, 0) is 18.9 Å². The summed E-state index contributed by atoms with van der Waals surface area (Å²) in [6, 6.07) is 8.39. The van der Waals surface area contributed by atoms with Gasteiger partial charge in [-0.25, -0.2) is 4.98 Å². The topological polar surface area (TPSA) is 78.9 Å². The third-order valence-electron chi connectivity index (χ3n) is 2.91. The van der Waals surface area contributed by atoms with E-state index in [0.717, 1.165) is 18.7 Å². The number of benzene rings is 1. The molecule has 0 radical (unpaired) electrons. The molecule has 1 aromatic heterocycles. The molecular weight excluding hydrogens is 242 g/mol. The maximum Gasteiger partial charge on any atom is 0.303 e. The molecule has 0 saturated carbocycles. The fraction of sp³-hybridized carbons (Fsp3) is 0.357. The van der Waals surface area contributed by atoms with Crippen LogP contribution in [-0.2, 0) is 24.1 Å². The molecule has 2 aromatic rings. The second kappa shape index (κ2) is 6.13. The molecule has 5 heteroatoms. The summed E-state index contributed by atoms with van der Waals surface area (Å²) < 4.78 is 0. The van der Waals surface area contributed by atoms with Crippen molar-refractivity contribution in [2.75, 3.05) is 0 Å². The molecule has 0 saturated heterocycles. The van der Waals surface area contributed by atoms with Crippen LogP contribution in [0.1, 0.15) is 29.2 Å². The van der Waals surface area contributed by atoms with Gasteiger partial charge < -0.3 is 5.11 Å². The predicted octanol–water partition coefficient (Wildman–Crippen LogP) is 1.92. The summed E-state index contributed by atoms with van der Waals surface area (Å²) in [5.41, 5.74) is 2.50. The van der Waals surface area contributed by atoms with Crippen LogP contribution in [0.5, 0.6) is 0 Å². The van der Waals surface area contributed by atoms with Crippen molar-refractivity contribution in [3.63, 3.8) is 0 Å². The van der Waals surface area contributed by atoms with Gasteiger partial charge in [0, 0.05) is 12.8 Å². The van der Waals surface area contributed by atoms with Crippen molar-refractivity contribution in [3.05, 3.63) is 47.0 Å². The van der Waals surface area contributed by atoms with Crippen LogP contribution in [0.4, 0.5) is 0 Å². The first kappa shape index (κ1) is 13.3. The lowest BCUT2D eigenvalue weighted by Crippen LogP contribution is -1.99. The first-order chi connectivity index (χ1) is 9.13. The van der Waals surface area contributed by atoms with Crippen LogP contribution in [0.2, 0.25) is 0 Å². The number of nitrogens with one attached hydrogen (secondary N) is 1. The lowest BCUT2D eigenvalue weighted by atomic mass is 10.1. The molecule has 1 aromatic carbocycles. The van der Waals surface area contributed by atoms with E-state index < -0.39 is 5.97 Å². The number of carboxylic acid groups (broad SMARTS) is 1. The first-order valence-corrected chi connectivity index (χ1v) is 6.31. The zero-order valence-electron chi connectivity index (χ0n) is 10.9. The molecular formula is C14H17N3O2. The number of aromatic amines is 1. The van der Waals surface area contributed by atoms with E-state index in [9.17, 15) is 4.79 Å². The number of hydrogen-bond donors (Lipinski definition) is 2. The molecule has 0 atom stereocenters. The van der Waals surface area contributed by atoms with Crippen molar-refractivity contribution < 1.29 is 9.90 Å². The normalized spacial score (nSPS) is 10.6. The maximum atomic E-state index is 10.5. The van der Waals surface area contributed by atoms with Gasteiger partial charge in [-0.3, -0.25) is 9.89 Å². The van der Waals surface area contributed by atoms with Gasteiger partial charge in [0.05, 0.1) is 6.42 Å². The molecule has 1 heterocycles. The van der Waals surface area contributed by atoms with Crippen LogP contribution < -0.4 is 0 Å². The van der Waals surface area contributed by atoms with E-state index in [1.165, 1.54) is 11.1 Å². The van der Waals surface area contributed by atoms with Crippen molar-refractivity contribution in [3.8, 4) is 0 Å². The van der Waals surface area contributed by atoms with Crippen LogP contribution in [0.25, 0.3) is 0 Å². The molecule has 19 heavy (non-hydrogen) atoms. The minimum absolute atomic E-state index is 0.0760. The van der Waals surface area contributed by atoms with Gasteiger partial charge in [-0.2, -0.15) is 5.10 Å². The number of hydrogen-bond acceptors (Lipinski definition) is 3. The van der Waals surface area contributed by atoms with E-state index in [-0.39, 0.29) is 6.42 Å². The van der Waals surface area contributed by atoms with Crippen LogP contribution >= 0.6 is 0 Å². The van der Waals surface area contributed by atoms with E-state index in [4.69, 9.17) is 5.11 Å². The van der Waals surface area contributed by atoms with Gasteiger partial charge in [-0.15, -0.1) is 0 Å².